The van der Waals surface area contributed by atoms with E-state index in [0.717, 1.165) is 31.9 Å². The van der Waals surface area contributed by atoms with Gasteiger partial charge in [0, 0.05) is 13.6 Å². The van der Waals surface area contributed by atoms with Crippen molar-refractivity contribution in [3.8, 4) is 0 Å². The number of nitrogens with one attached hydrogen (secondary N) is 1. The first-order valence-electron chi connectivity index (χ1n) is 6.60. The van der Waals surface area contributed by atoms with Crippen LogP contribution < -0.4 is 5.32 Å². The van der Waals surface area contributed by atoms with E-state index in [1.54, 1.807) is 0 Å². The Kier molecular flexibility index (Phi) is 12.8. The maximum Gasteiger partial charge on any atom is 0.0597 e. The summed E-state index contributed by atoms with van der Waals surface area (Å²) in [4.78, 5) is 2.45. The SMILES string of the molecule is CCN(CC)CCCNCc1cc(C)nn1C.Cl.Cl. The van der Waals surface area contributed by atoms with Crippen molar-refractivity contribution in [3.63, 3.8) is 0 Å². The lowest BCUT2D eigenvalue weighted by molar-refractivity contribution is 0.297. The van der Waals surface area contributed by atoms with E-state index in [1.165, 1.54) is 18.7 Å². The highest BCUT2D eigenvalue weighted by molar-refractivity contribution is 5.85. The monoisotopic (exact) mass is 310 g/mol. The summed E-state index contributed by atoms with van der Waals surface area (Å²) in [6, 6.07) is 2.14. The molecule has 0 aromatic carbocycles. The van der Waals surface area contributed by atoms with Gasteiger partial charge in [-0.3, -0.25) is 4.68 Å². The third-order valence-electron chi connectivity index (χ3n) is 3.13. The highest BCUT2D eigenvalue weighted by atomic mass is 35.5. The number of hydrogen-bond donors (Lipinski definition) is 1. The highest BCUT2D eigenvalue weighted by Crippen LogP contribution is 2.00. The van der Waals surface area contributed by atoms with Gasteiger partial charge in [0.15, 0.2) is 0 Å². The number of halogens is 2. The molecule has 0 unspecified atom stereocenters. The van der Waals surface area contributed by atoms with Crippen molar-refractivity contribution >= 4 is 24.8 Å². The van der Waals surface area contributed by atoms with E-state index in [-0.39, 0.29) is 24.8 Å². The van der Waals surface area contributed by atoms with Gasteiger partial charge < -0.3 is 10.2 Å². The van der Waals surface area contributed by atoms with E-state index in [4.69, 9.17) is 0 Å². The molecular weight excluding hydrogens is 283 g/mol. The third-order valence-corrected chi connectivity index (χ3v) is 3.13. The second kappa shape index (κ2) is 11.5. The highest BCUT2D eigenvalue weighted by Gasteiger charge is 2.01. The molecule has 1 heterocycles. The zero-order valence-corrected chi connectivity index (χ0v) is 14.1. The van der Waals surface area contributed by atoms with Crippen molar-refractivity contribution in [3.05, 3.63) is 17.5 Å². The van der Waals surface area contributed by atoms with E-state index in [1.807, 2.05) is 18.7 Å². The van der Waals surface area contributed by atoms with Crippen LogP contribution in [-0.2, 0) is 13.6 Å². The molecule has 0 fully saturated rings. The summed E-state index contributed by atoms with van der Waals surface area (Å²) in [6.45, 7) is 11.9. The van der Waals surface area contributed by atoms with E-state index in [2.05, 4.69) is 35.2 Å². The van der Waals surface area contributed by atoms with Crippen molar-refractivity contribution < 1.29 is 0 Å². The number of nitrogens with zero attached hydrogens (tertiary/aromatic N) is 3. The molecule has 0 atom stereocenters. The number of aryl methyl sites for hydroxylation is 2. The summed E-state index contributed by atoms with van der Waals surface area (Å²) in [5.74, 6) is 0. The molecule has 0 saturated heterocycles. The summed E-state index contributed by atoms with van der Waals surface area (Å²) in [5, 5.41) is 7.81. The Balaban J connectivity index is 0. The minimum Gasteiger partial charge on any atom is -0.311 e. The van der Waals surface area contributed by atoms with Crippen molar-refractivity contribution in [1.82, 2.24) is 20.0 Å². The summed E-state index contributed by atoms with van der Waals surface area (Å²) in [5.41, 5.74) is 2.35. The fraction of sp³-hybridized carbons (Fsp3) is 0.769. The molecule has 6 heteroatoms. The van der Waals surface area contributed by atoms with Crippen LogP contribution in [0.4, 0.5) is 0 Å². The van der Waals surface area contributed by atoms with Gasteiger partial charge in [0.25, 0.3) is 0 Å². The molecule has 1 aromatic heterocycles. The molecule has 1 N–H and O–H groups in total. The Morgan fingerprint density at radius 1 is 1.26 bits per heavy atom. The lowest BCUT2D eigenvalue weighted by Crippen LogP contribution is -2.27. The molecule has 0 radical (unpaired) electrons. The summed E-state index contributed by atoms with van der Waals surface area (Å²) < 4.78 is 1.95. The third kappa shape index (κ3) is 7.78. The van der Waals surface area contributed by atoms with Gasteiger partial charge in [0.1, 0.15) is 0 Å². The summed E-state index contributed by atoms with van der Waals surface area (Å²) in [7, 11) is 2.00. The average Bonchev–Trinajstić information content (AvgIpc) is 2.62. The predicted molar refractivity (Wildman–Crippen MR) is 86.6 cm³/mol. The van der Waals surface area contributed by atoms with Crippen molar-refractivity contribution in [2.75, 3.05) is 26.2 Å². The number of rotatable bonds is 8. The van der Waals surface area contributed by atoms with Crippen LogP contribution in [0.2, 0.25) is 0 Å². The van der Waals surface area contributed by atoms with Gasteiger partial charge in [-0.15, -0.1) is 24.8 Å². The van der Waals surface area contributed by atoms with E-state index in [9.17, 15) is 0 Å². The van der Waals surface area contributed by atoms with Gasteiger partial charge in [-0.05, 0) is 45.6 Å². The van der Waals surface area contributed by atoms with E-state index >= 15 is 0 Å². The molecule has 19 heavy (non-hydrogen) atoms. The fourth-order valence-electron chi connectivity index (χ4n) is 2.01. The first-order chi connectivity index (χ1) is 8.17. The van der Waals surface area contributed by atoms with Crippen LogP contribution in [0.1, 0.15) is 31.7 Å². The van der Waals surface area contributed by atoms with Gasteiger partial charge >= 0.3 is 0 Å². The van der Waals surface area contributed by atoms with Gasteiger partial charge in [0.05, 0.1) is 11.4 Å². The average molecular weight is 311 g/mol. The van der Waals surface area contributed by atoms with Gasteiger partial charge in [-0.1, -0.05) is 13.8 Å². The second-order valence-corrected chi connectivity index (χ2v) is 4.46. The Bertz CT molecular complexity index is 324. The smallest absolute Gasteiger partial charge is 0.0597 e. The maximum atomic E-state index is 4.33. The minimum atomic E-state index is 0. The molecule has 0 spiro atoms. The van der Waals surface area contributed by atoms with Crippen LogP contribution in [0.3, 0.4) is 0 Å². The van der Waals surface area contributed by atoms with Gasteiger partial charge in [0.2, 0.25) is 0 Å². The molecule has 0 aliphatic heterocycles. The number of hydrogen-bond acceptors (Lipinski definition) is 3. The second-order valence-electron chi connectivity index (χ2n) is 4.46. The van der Waals surface area contributed by atoms with Crippen LogP contribution in [0.25, 0.3) is 0 Å². The minimum absolute atomic E-state index is 0. The molecule has 1 rings (SSSR count). The molecule has 0 bridgehead atoms. The summed E-state index contributed by atoms with van der Waals surface area (Å²) in [6.07, 6.45) is 1.21. The molecule has 0 amide bonds. The largest absolute Gasteiger partial charge is 0.311 e. The predicted octanol–water partition coefficient (Wildman–Crippen LogP) is 2.39. The van der Waals surface area contributed by atoms with Crippen LogP contribution in [0, 0.1) is 6.92 Å². The Morgan fingerprint density at radius 3 is 2.37 bits per heavy atom. The topological polar surface area (TPSA) is 33.1 Å². The lowest BCUT2D eigenvalue weighted by Gasteiger charge is -2.17. The van der Waals surface area contributed by atoms with Crippen LogP contribution in [0.15, 0.2) is 6.07 Å². The standard InChI is InChI=1S/C13H26N4.2ClH/c1-5-17(6-2)9-7-8-14-11-13-10-12(3)15-16(13)4;;/h10,14H,5-9,11H2,1-4H3;2*1H. The molecule has 0 aliphatic carbocycles. The van der Waals surface area contributed by atoms with Crippen molar-refractivity contribution in [1.29, 1.82) is 0 Å². The first-order valence-corrected chi connectivity index (χ1v) is 6.60. The summed E-state index contributed by atoms with van der Waals surface area (Å²) >= 11 is 0. The molecule has 114 valence electrons. The zero-order valence-electron chi connectivity index (χ0n) is 12.5. The Labute approximate surface area is 129 Å². The molecule has 0 aliphatic rings. The van der Waals surface area contributed by atoms with Gasteiger partial charge in [-0.2, -0.15) is 5.10 Å². The maximum absolute atomic E-state index is 4.33. The van der Waals surface area contributed by atoms with Crippen molar-refractivity contribution in [2.24, 2.45) is 7.05 Å². The van der Waals surface area contributed by atoms with E-state index in [0.29, 0.717) is 0 Å². The fourth-order valence-corrected chi connectivity index (χ4v) is 2.01. The van der Waals surface area contributed by atoms with Crippen LogP contribution >= 0.6 is 24.8 Å². The van der Waals surface area contributed by atoms with Gasteiger partial charge in [-0.25, -0.2) is 0 Å². The van der Waals surface area contributed by atoms with Crippen LogP contribution in [0.5, 0.6) is 0 Å². The first kappa shape index (κ1) is 21.0. The zero-order chi connectivity index (χ0) is 12.7. The van der Waals surface area contributed by atoms with E-state index < -0.39 is 0 Å². The quantitative estimate of drug-likeness (QED) is 0.748. The molecular formula is C13H28Cl2N4. The molecule has 4 nitrogen and oxygen atoms in total. The molecule has 0 saturated carbocycles. The molecule has 1 aromatic rings. The van der Waals surface area contributed by atoms with Crippen molar-refractivity contribution in [2.45, 2.75) is 33.7 Å². The Hall–Kier alpha value is -0.290. The lowest BCUT2D eigenvalue weighted by atomic mass is 10.3. The van der Waals surface area contributed by atoms with Crippen LogP contribution in [-0.4, -0.2) is 40.9 Å². The Morgan fingerprint density at radius 2 is 1.89 bits per heavy atom. The number of aromatic nitrogens is 2. The normalized spacial score (nSPS) is 10.2.